The van der Waals surface area contributed by atoms with E-state index in [0.717, 1.165) is 36.0 Å². The zero-order chi connectivity index (χ0) is 32.7. The molecule has 2 amide bonds. The first-order chi connectivity index (χ1) is 21.1. The molecule has 0 spiro atoms. The van der Waals surface area contributed by atoms with Crippen LogP contribution in [0.4, 0.5) is 9.18 Å². The van der Waals surface area contributed by atoms with Crippen LogP contribution >= 0.6 is 10.0 Å². The van der Waals surface area contributed by atoms with Gasteiger partial charge >= 0.3 is 6.09 Å². The molecule has 1 aliphatic carbocycles. The summed E-state index contributed by atoms with van der Waals surface area (Å²) < 4.78 is 27.2. The number of nitrogens with one attached hydrogen (secondary N) is 1. The van der Waals surface area contributed by atoms with E-state index in [2.05, 4.69) is 30.2 Å². The average Bonchev–Trinajstić information content (AvgIpc) is 3.57. The van der Waals surface area contributed by atoms with Crippen molar-refractivity contribution in [1.29, 1.82) is 5.26 Å². The minimum absolute atomic E-state index is 0.00388. The summed E-state index contributed by atoms with van der Waals surface area (Å²) >= 11 is 0. The van der Waals surface area contributed by atoms with Gasteiger partial charge in [0.05, 0.1) is 23.6 Å². The average molecular weight is 639 g/mol. The molecule has 45 heavy (non-hydrogen) atoms. The van der Waals surface area contributed by atoms with Crippen LogP contribution in [0.2, 0.25) is 0 Å². The minimum Gasteiger partial charge on any atom is -0.444 e. The molecular formula is C34H43FN4O5S. The summed E-state index contributed by atoms with van der Waals surface area (Å²) in [6, 6.07) is 10.3. The highest BCUT2D eigenvalue weighted by Crippen LogP contribution is 2.43. The molecule has 3 aromatic rings. The van der Waals surface area contributed by atoms with Crippen LogP contribution in [0.1, 0.15) is 45.6 Å². The van der Waals surface area contributed by atoms with Crippen molar-refractivity contribution in [2.75, 3.05) is 31.1 Å². The van der Waals surface area contributed by atoms with Crippen LogP contribution in [-0.2, 0) is 27.4 Å². The number of hydrogen-bond donors (Lipinski definition) is 1. The smallest absolute Gasteiger partial charge is 0.411 e. The zero-order valence-electron chi connectivity index (χ0n) is 26.9. The Balaban J connectivity index is 1.40. The maximum atomic E-state index is 14.2. The third-order valence-corrected chi connectivity index (χ3v) is 9.92. The SMILES string of the molecule is CC(C)(C)OC(=O)N1[C@@H]2CC[C@@H](C2)[C@H]1C(=O)NC(C#N)Cc1ccc2c3ccc(F)cc3c(=O)n(COCCS(C)(C)C)c2c1. The number of fused-ring (bicyclic) bond motifs is 5. The molecule has 4 atom stereocenters. The number of nitrogens with zero attached hydrogens (tertiary/aromatic N) is 3. The summed E-state index contributed by atoms with van der Waals surface area (Å²) in [5.41, 5.74) is 0.289. The van der Waals surface area contributed by atoms with Crippen LogP contribution in [0.15, 0.2) is 41.2 Å². The van der Waals surface area contributed by atoms with Gasteiger partial charge in [0.25, 0.3) is 5.56 Å². The third-order valence-electron chi connectivity index (χ3n) is 8.53. The van der Waals surface area contributed by atoms with Gasteiger partial charge in [-0.25, -0.2) is 19.2 Å². The summed E-state index contributed by atoms with van der Waals surface area (Å²) in [6.45, 7) is 5.87. The maximum Gasteiger partial charge on any atom is 0.411 e. The van der Waals surface area contributed by atoms with Gasteiger partial charge in [0.2, 0.25) is 5.91 Å². The number of nitriles is 1. The first-order valence-corrected chi connectivity index (χ1v) is 18.4. The molecule has 9 nitrogen and oxygen atoms in total. The molecule has 11 heteroatoms. The van der Waals surface area contributed by atoms with Gasteiger partial charge in [-0.2, -0.15) is 5.26 Å². The Morgan fingerprint density at radius 3 is 2.53 bits per heavy atom. The first-order valence-electron chi connectivity index (χ1n) is 15.3. The van der Waals surface area contributed by atoms with E-state index >= 15 is 0 Å². The molecule has 242 valence electrons. The first kappa shape index (κ1) is 32.8. The number of ether oxygens (including phenoxy) is 2. The molecule has 2 aliphatic rings. The normalized spacial score (nSPS) is 20.8. The fourth-order valence-electron chi connectivity index (χ4n) is 6.46. The van der Waals surface area contributed by atoms with E-state index in [1.54, 1.807) is 31.7 Å². The highest BCUT2D eigenvalue weighted by molar-refractivity contribution is 8.32. The number of rotatable bonds is 9. The van der Waals surface area contributed by atoms with E-state index in [-0.39, 0.29) is 42.0 Å². The second-order valence-corrected chi connectivity index (χ2v) is 18.7. The Morgan fingerprint density at radius 1 is 1.11 bits per heavy atom. The van der Waals surface area contributed by atoms with Crippen molar-refractivity contribution < 1.29 is 23.5 Å². The zero-order valence-corrected chi connectivity index (χ0v) is 27.7. The van der Waals surface area contributed by atoms with E-state index in [9.17, 15) is 24.0 Å². The van der Waals surface area contributed by atoms with Crippen molar-refractivity contribution in [2.45, 2.75) is 76.9 Å². The van der Waals surface area contributed by atoms with Gasteiger partial charge in [0.15, 0.2) is 0 Å². The Labute approximate surface area is 265 Å². The molecule has 2 aromatic carbocycles. The predicted molar refractivity (Wildman–Crippen MR) is 176 cm³/mol. The summed E-state index contributed by atoms with van der Waals surface area (Å²) in [5, 5.41) is 14.6. The number of hydrogen-bond acceptors (Lipinski definition) is 6. The van der Waals surface area contributed by atoms with Crippen LogP contribution in [-0.4, -0.2) is 76.3 Å². The van der Waals surface area contributed by atoms with E-state index in [0.29, 0.717) is 17.5 Å². The Bertz CT molecular complexity index is 1720. The quantitative estimate of drug-likeness (QED) is 0.251. The highest BCUT2D eigenvalue weighted by atomic mass is 32.3. The van der Waals surface area contributed by atoms with Gasteiger partial charge in [0, 0.05) is 23.6 Å². The number of halogens is 1. The number of pyridine rings is 1. The predicted octanol–water partition coefficient (Wildman–Crippen LogP) is 5.30. The Hall–Kier alpha value is -3.62. The van der Waals surface area contributed by atoms with Crippen LogP contribution in [0.25, 0.3) is 21.7 Å². The van der Waals surface area contributed by atoms with E-state index in [1.807, 2.05) is 18.2 Å². The van der Waals surface area contributed by atoms with E-state index in [1.165, 1.54) is 16.7 Å². The summed E-state index contributed by atoms with van der Waals surface area (Å²) in [4.78, 5) is 41.8. The molecule has 1 saturated carbocycles. The van der Waals surface area contributed by atoms with Gasteiger partial charge < -0.3 is 14.8 Å². The number of likely N-dealkylation sites (tertiary alicyclic amines) is 1. The second-order valence-electron chi connectivity index (χ2n) is 14.1. The van der Waals surface area contributed by atoms with Gasteiger partial charge in [-0.1, -0.05) is 18.2 Å². The molecule has 1 aromatic heterocycles. The Kier molecular flexibility index (Phi) is 9.20. The summed E-state index contributed by atoms with van der Waals surface area (Å²) in [7, 11) is -0.786. The van der Waals surface area contributed by atoms with Crippen LogP contribution in [0.3, 0.4) is 0 Å². The van der Waals surface area contributed by atoms with Crippen molar-refractivity contribution in [3.63, 3.8) is 0 Å². The maximum absolute atomic E-state index is 14.2. The highest BCUT2D eigenvalue weighted by Gasteiger charge is 2.52. The lowest BCUT2D eigenvalue weighted by Gasteiger charge is -2.35. The number of amides is 2. The fourth-order valence-corrected chi connectivity index (χ4v) is 7.07. The standard InChI is InChI=1S/C34H43FN4O5S/c1-34(2,3)44-33(42)39-25-10-8-22(17-25)30(39)31(40)37-24(19-36)15-21-7-11-27-26-12-9-23(35)18-28(26)32(41)38(29(27)16-21)20-43-13-14-45(4,5)6/h7,9,11-12,16,18,22,24-25,30H,8,10,13-15,17,20H2,1-6H3,(H,37,40)/t22-,24?,25+,30-/m0/s1. The molecule has 0 radical (unpaired) electrons. The summed E-state index contributed by atoms with van der Waals surface area (Å²) in [6.07, 6.45) is 8.69. The second kappa shape index (κ2) is 12.6. The van der Waals surface area contributed by atoms with Crippen molar-refractivity contribution in [1.82, 2.24) is 14.8 Å². The molecule has 2 heterocycles. The molecule has 1 N–H and O–H groups in total. The molecule has 1 aliphatic heterocycles. The van der Waals surface area contributed by atoms with Crippen molar-refractivity contribution >= 4 is 43.7 Å². The van der Waals surface area contributed by atoms with Gasteiger partial charge in [-0.15, -0.1) is 0 Å². The van der Waals surface area contributed by atoms with Crippen LogP contribution in [0, 0.1) is 23.1 Å². The lowest BCUT2D eigenvalue weighted by Crippen LogP contribution is -2.55. The van der Waals surface area contributed by atoms with E-state index in [4.69, 9.17) is 9.47 Å². The largest absolute Gasteiger partial charge is 0.444 e. The third kappa shape index (κ3) is 7.28. The molecule has 5 rings (SSSR count). The number of carbonyl (C=O) groups excluding carboxylic acids is 2. The Morgan fingerprint density at radius 2 is 1.84 bits per heavy atom. The number of piperidine rings is 1. The van der Waals surface area contributed by atoms with Crippen molar-refractivity contribution in [2.24, 2.45) is 5.92 Å². The van der Waals surface area contributed by atoms with Crippen molar-refractivity contribution in [3.8, 4) is 6.07 Å². The molecule has 1 saturated heterocycles. The van der Waals surface area contributed by atoms with Crippen LogP contribution in [0.5, 0.6) is 0 Å². The lowest BCUT2D eigenvalue weighted by atomic mass is 9.97. The van der Waals surface area contributed by atoms with Crippen LogP contribution < -0.4 is 10.9 Å². The number of aromatic nitrogens is 1. The van der Waals surface area contributed by atoms with Gasteiger partial charge in [0.1, 0.15) is 30.2 Å². The topological polar surface area (TPSA) is 114 Å². The molecule has 2 fully saturated rings. The molecule has 1 unspecified atom stereocenters. The monoisotopic (exact) mass is 638 g/mol. The summed E-state index contributed by atoms with van der Waals surface area (Å²) in [5.74, 6) is 0.0485. The van der Waals surface area contributed by atoms with Gasteiger partial charge in [-0.05, 0) is 93.9 Å². The van der Waals surface area contributed by atoms with Crippen molar-refractivity contribution in [3.05, 3.63) is 58.1 Å². The lowest BCUT2D eigenvalue weighted by molar-refractivity contribution is -0.128. The van der Waals surface area contributed by atoms with E-state index < -0.39 is 39.6 Å². The number of carbonyl (C=O) groups is 2. The fraction of sp³-hybridized carbons (Fsp3) is 0.529. The minimum atomic E-state index is -0.865. The van der Waals surface area contributed by atoms with Gasteiger partial charge in [-0.3, -0.25) is 19.1 Å². The number of benzene rings is 2. The molecule has 2 bridgehead atoms. The molecular weight excluding hydrogens is 595 g/mol.